The van der Waals surface area contributed by atoms with Crippen LogP contribution in [0.15, 0.2) is 12.1 Å². The van der Waals surface area contributed by atoms with Crippen molar-refractivity contribution in [3.05, 3.63) is 17.7 Å². The number of benzene rings is 1. The molecule has 2 heterocycles. The van der Waals surface area contributed by atoms with Crippen molar-refractivity contribution in [3.8, 4) is 5.75 Å². The number of likely N-dealkylation sites (tertiary alicyclic amines) is 1. The highest BCUT2D eigenvalue weighted by Gasteiger charge is 2.54. The van der Waals surface area contributed by atoms with Crippen LogP contribution in [0, 0.1) is 0 Å². The SMILES string of the molecule is CCc1cc(N)c(OC)cc1N1CC2(CCN2C(C)C)C1. The molecule has 3 rings (SSSR count). The highest BCUT2D eigenvalue weighted by molar-refractivity contribution is 5.68. The predicted octanol–water partition coefficient (Wildman–Crippen LogP) is 2.51. The highest BCUT2D eigenvalue weighted by Crippen LogP contribution is 2.44. The van der Waals surface area contributed by atoms with Crippen molar-refractivity contribution in [1.29, 1.82) is 0 Å². The van der Waals surface area contributed by atoms with Crippen molar-refractivity contribution >= 4 is 11.4 Å². The van der Waals surface area contributed by atoms with E-state index < -0.39 is 0 Å². The minimum absolute atomic E-state index is 0.424. The lowest BCUT2D eigenvalue weighted by molar-refractivity contribution is -0.0590. The molecule has 0 aliphatic carbocycles. The Morgan fingerprint density at radius 2 is 2.05 bits per heavy atom. The van der Waals surface area contributed by atoms with Crippen molar-refractivity contribution in [2.45, 2.75) is 45.2 Å². The second kappa shape index (κ2) is 5.09. The van der Waals surface area contributed by atoms with Gasteiger partial charge in [-0.3, -0.25) is 4.90 Å². The normalized spacial score (nSPS) is 20.5. The van der Waals surface area contributed by atoms with Gasteiger partial charge in [0.25, 0.3) is 0 Å². The summed E-state index contributed by atoms with van der Waals surface area (Å²) >= 11 is 0. The van der Waals surface area contributed by atoms with Gasteiger partial charge in [-0.2, -0.15) is 0 Å². The molecule has 0 radical (unpaired) electrons. The molecule has 0 aromatic heterocycles. The Labute approximate surface area is 127 Å². The molecule has 2 aliphatic rings. The first-order valence-corrected chi connectivity index (χ1v) is 7.99. The van der Waals surface area contributed by atoms with Gasteiger partial charge >= 0.3 is 0 Å². The summed E-state index contributed by atoms with van der Waals surface area (Å²) in [5.41, 5.74) is 9.81. The number of methoxy groups -OCH3 is 1. The first kappa shape index (κ1) is 14.5. The molecule has 2 aliphatic heterocycles. The minimum atomic E-state index is 0.424. The first-order valence-electron chi connectivity index (χ1n) is 7.99. The monoisotopic (exact) mass is 289 g/mol. The molecule has 1 spiro atoms. The van der Waals surface area contributed by atoms with Gasteiger partial charge in [-0.05, 0) is 38.3 Å². The third-order valence-corrected chi connectivity index (χ3v) is 5.17. The Balaban J connectivity index is 1.80. The van der Waals surface area contributed by atoms with Crippen LogP contribution >= 0.6 is 0 Å². The number of anilines is 2. The van der Waals surface area contributed by atoms with E-state index in [9.17, 15) is 0 Å². The van der Waals surface area contributed by atoms with E-state index in [0.29, 0.717) is 11.6 Å². The first-order chi connectivity index (χ1) is 10.0. The fourth-order valence-corrected chi connectivity index (χ4v) is 3.92. The molecule has 21 heavy (non-hydrogen) atoms. The van der Waals surface area contributed by atoms with Crippen LogP contribution in [0.25, 0.3) is 0 Å². The average Bonchev–Trinajstić information content (AvgIpc) is 2.36. The standard InChI is InChI=1S/C17H27N3O/c1-5-13-8-14(18)16(21-4)9-15(13)19-10-17(11-19)6-7-20(17)12(2)3/h8-9,12H,5-7,10-11,18H2,1-4H3. The number of rotatable bonds is 4. The van der Waals surface area contributed by atoms with E-state index in [1.807, 2.05) is 0 Å². The van der Waals surface area contributed by atoms with Crippen LogP contribution in [-0.4, -0.2) is 43.2 Å². The number of ether oxygens (including phenoxy) is 1. The third kappa shape index (κ3) is 2.16. The van der Waals surface area contributed by atoms with Crippen LogP contribution in [0.3, 0.4) is 0 Å². The van der Waals surface area contributed by atoms with Crippen molar-refractivity contribution in [3.63, 3.8) is 0 Å². The Bertz CT molecular complexity index is 535. The summed E-state index contributed by atoms with van der Waals surface area (Å²) in [6.07, 6.45) is 2.33. The molecule has 0 bridgehead atoms. The molecule has 2 fully saturated rings. The lowest BCUT2D eigenvalue weighted by Crippen LogP contribution is -2.78. The maximum absolute atomic E-state index is 6.04. The van der Waals surface area contributed by atoms with Crippen molar-refractivity contribution in [2.24, 2.45) is 0 Å². The fraction of sp³-hybridized carbons (Fsp3) is 0.647. The quantitative estimate of drug-likeness (QED) is 0.865. The van der Waals surface area contributed by atoms with Crippen LogP contribution in [0.2, 0.25) is 0 Å². The summed E-state index contributed by atoms with van der Waals surface area (Å²) in [6, 6.07) is 4.83. The molecule has 1 aromatic rings. The summed E-state index contributed by atoms with van der Waals surface area (Å²) in [7, 11) is 1.69. The van der Waals surface area contributed by atoms with Crippen LogP contribution in [0.1, 0.15) is 32.8 Å². The van der Waals surface area contributed by atoms with E-state index in [2.05, 4.69) is 42.7 Å². The van der Waals surface area contributed by atoms with Gasteiger partial charge in [-0.15, -0.1) is 0 Å². The lowest BCUT2D eigenvalue weighted by Gasteiger charge is -2.65. The fourth-order valence-electron chi connectivity index (χ4n) is 3.92. The summed E-state index contributed by atoms with van der Waals surface area (Å²) in [5.74, 6) is 0.789. The number of hydrogen-bond acceptors (Lipinski definition) is 4. The van der Waals surface area contributed by atoms with Gasteiger partial charge in [0.1, 0.15) is 5.75 Å². The molecular formula is C17H27N3O. The van der Waals surface area contributed by atoms with E-state index >= 15 is 0 Å². The van der Waals surface area contributed by atoms with Gasteiger partial charge in [0.15, 0.2) is 0 Å². The van der Waals surface area contributed by atoms with Gasteiger partial charge in [0, 0.05) is 37.4 Å². The zero-order chi connectivity index (χ0) is 15.2. The zero-order valence-electron chi connectivity index (χ0n) is 13.6. The molecule has 0 unspecified atom stereocenters. The van der Waals surface area contributed by atoms with E-state index in [1.54, 1.807) is 7.11 Å². The van der Waals surface area contributed by atoms with Gasteiger partial charge in [0.2, 0.25) is 0 Å². The maximum atomic E-state index is 6.04. The summed E-state index contributed by atoms with van der Waals surface area (Å²) < 4.78 is 5.39. The number of nitrogens with zero attached hydrogens (tertiary/aromatic N) is 2. The topological polar surface area (TPSA) is 41.7 Å². The van der Waals surface area contributed by atoms with Crippen LogP contribution in [0.5, 0.6) is 5.75 Å². The summed E-state index contributed by atoms with van der Waals surface area (Å²) in [4.78, 5) is 5.12. The average molecular weight is 289 g/mol. The van der Waals surface area contributed by atoms with E-state index in [-0.39, 0.29) is 0 Å². The molecule has 4 heteroatoms. The van der Waals surface area contributed by atoms with Gasteiger partial charge in [-0.1, -0.05) is 6.92 Å². The summed E-state index contributed by atoms with van der Waals surface area (Å²) in [6.45, 7) is 10.3. The van der Waals surface area contributed by atoms with E-state index in [1.165, 1.54) is 24.2 Å². The third-order valence-electron chi connectivity index (χ3n) is 5.17. The zero-order valence-corrected chi connectivity index (χ0v) is 13.6. The molecule has 2 saturated heterocycles. The number of nitrogen functional groups attached to an aromatic ring is 1. The predicted molar refractivity (Wildman–Crippen MR) is 88.2 cm³/mol. The second-order valence-electron chi connectivity index (χ2n) is 6.69. The minimum Gasteiger partial charge on any atom is -0.495 e. The molecule has 4 nitrogen and oxygen atoms in total. The Kier molecular flexibility index (Phi) is 3.52. The largest absolute Gasteiger partial charge is 0.495 e. The van der Waals surface area contributed by atoms with Crippen molar-refractivity contribution in [1.82, 2.24) is 4.90 Å². The molecular weight excluding hydrogens is 262 g/mol. The Hall–Kier alpha value is -1.42. The molecule has 2 N–H and O–H groups in total. The molecule has 1 aromatic carbocycles. The maximum Gasteiger partial charge on any atom is 0.143 e. The van der Waals surface area contributed by atoms with Crippen molar-refractivity contribution < 1.29 is 4.74 Å². The van der Waals surface area contributed by atoms with Crippen LogP contribution < -0.4 is 15.4 Å². The van der Waals surface area contributed by atoms with Crippen molar-refractivity contribution in [2.75, 3.05) is 37.4 Å². The van der Waals surface area contributed by atoms with E-state index in [4.69, 9.17) is 10.5 Å². The Morgan fingerprint density at radius 3 is 2.52 bits per heavy atom. The summed E-state index contributed by atoms with van der Waals surface area (Å²) in [5, 5.41) is 0. The van der Waals surface area contributed by atoms with Crippen LogP contribution in [-0.2, 0) is 6.42 Å². The number of nitrogens with two attached hydrogens (primary N) is 1. The lowest BCUT2D eigenvalue weighted by atomic mass is 9.76. The van der Waals surface area contributed by atoms with Crippen LogP contribution in [0.4, 0.5) is 11.4 Å². The molecule has 0 saturated carbocycles. The molecule has 0 atom stereocenters. The Morgan fingerprint density at radius 1 is 1.33 bits per heavy atom. The van der Waals surface area contributed by atoms with Gasteiger partial charge in [-0.25, -0.2) is 0 Å². The highest BCUT2D eigenvalue weighted by atomic mass is 16.5. The number of hydrogen-bond donors (Lipinski definition) is 1. The van der Waals surface area contributed by atoms with Gasteiger partial charge in [0.05, 0.1) is 18.3 Å². The van der Waals surface area contributed by atoms with E-state index in [0.717, 1.165) is 30.9 Å². The second-order valence-corrected chi connectivity index (χ2v) is 6.69. The van der Waals surface area contributed by atoms with Gasteiger partial charge < -0.3 is 15.4 Å². The molecule has 0 amide bonds. The number of aryl methyl sites for hydroxylation is 1. The smallest absolute Gasteiger partial charge is 0.143 e. The molecule has 116 valence electrons.